The van der Waals surface area contributed by atoms with Gasteiger partial charge >= 0.3 is 0 Å². The summed E-state index contributed by atoms with van der Waals surface area (Å²) >= 11 is 8.17. The second-order valence-electron chi connectivity index (χ2n) is 4.14. The fourth-order valence-electron chi connectivity index (χ4n) is 1.66. The van der Waals surface area contributed by atoms with E-state index in [0.717, 1.165) is 16.3 Å². The van der Waals surface area contributed by atoms with Gasteiger partial charge in [-0.1, -0.05) is 22.9 Å². The Balaban J connectivity index is 1.65. The number of aromatic nitrogens is 4. The third kappa shape index (κ3) is 3.09. The van der Waals surface area contributed by atoms with Gasteiger partial charge in [0, 0.05) is 13.0 Å². The van der Waals surface area contributed by atoms with Gasteiger partial charge in [-0.25, -0.2) is 13.1 Å². The monoisotopic (exact) mass is 363 g/mol. The zero-order valence-electron chi connectivity index (χ0n) is 10.8. The van der Waals surface area contributed by atoms with Crippen molar-refractivity contribution in [3.8, 4) is 0 Å². The molecule has 11 heteroatoms. The first-order chi connectivity index (χ1) is 9.95. The largest absolute Gasteiger partial charge is 0.250 e. The van der Waals surface area contributed by atoms with E-state index in [1.807, 2.05) is 6.92 Å². The number of hydrogen-bond acceptors (Lipinski definition) is 7. The summed E-state index contributed by atoms with van der Waals surface area (Å²) in [5, 5.41) is 13.0. The van der Waals surface area contributed by atoms with Crippen molar-refractivity contribution in [2.75, 3.05) is 6.54 Å². The fraction of sp³-hybridized carbons (Fsp3) is 0.300. The number of aryl methyl sites for hydroxylation is 1. The van der Waals surface area contributed by atoms with Crippen molar-refractivity contribution in [1.82, 2.24) is 24.5 Å². The lowest BCUT2D eigenvalue weighted by molar-refractivity contribution is 0.583. The number of sulfonamides is 1. The third-order valence-corrected chi connectivity index (χ3v) is 6.78. The van der Waals surface area contributed by atoms with Crippen LogP contribution in [0.2, 0.25) is 4.34 Å². The highest BCUT2D eigenvalue weighted by atomic mass is 35.5. The van der Waals surface area contributed by atoms with Gasteiger partial charge in [0.15, 0.2) is 5.82 Å². The summed E-state index contributed by atoms with van der Waals surface area (Å²) in [6.45, 7) is 2.08. The fourth-order valence-corrected chi connectivity index (χ4v) is 5.10. The van der Waals surface area contributed by atoms with Gasteiger partial charge in [0.1, 0.15) is 9.22 Å². The SMILES string of the molecule is Cc1nnc2sc(CCNS(=O)(=O)c3ccc(Cl)s3)nn12. The standard InChI is InChI=1S/C10H10ClN5O2S3/c1-6-13-14-10-16(6)15-8(20-10)4-5-12-21(17,18)9-3-2-7(11)19-9/h2-3,12H,4-5H2,1H3. The molecule has 7 nitrogen and oxygen atoms in total. The first-order valence-corrected chi connectivity index (χ1v) is 9.38. The van der Waals surface area contributed by atoms with Crippen LogP contribution >= 0.6 is 34.3 Å². The van der Waals surface area contributed by atoms with E-state index in [2.05, 4.69) is 20.0 Å². The molecular weight excluding hydrogens is 354 g/mol. The van der Waals surface area contributed by atoms with Crippen molar-refractivity contribution < 1.29 is 8.42 Å². The minimum Gasteiger partial charge on any atom is -0.210 e. The van der Waals surface area contributed by atoms with E-state index in [0.29, 0.717) is 21.5 Å². The van der Waals surface area contributed by atoms with E-state index < -0.39 is 10.0 Å². The van der Waals surface area contributed by atoms with Gasteiger partial charge in [0.05, 0.1) is 4.34 Å². The summed E-state index contributed by atoms with van der Waals surface area (Å²) < 4.78 is 28.8. The molecule has 0 spiro atoms. The Hall–Kier alpha value is -1.07. The van der Waals surface area contributed by atoms with Gasteiger partial charge < -0.3 is 0 Å². The van der Waals surface area contributed by atoms with Crippen molar-refractivity contribution in [1.29, 1.82) is 0 Å². The average Bonchev–Trinajstić information content (AvgIpc) is 3.08. The number of rotatable bonds is 5. The Labute approximate surface area is 133 Å². The van der Waals surface area contributed by atoms with Crippen molar-refractivity contribution >= 4 is 49.3 Å². The summed E-state index contributed by atoms with van der Waals surface area (Å²) in [5.74, 6) is 0.710. The molecule has 3 aromatic rings. The van der Waals surface area contributed by atoms with Crippen LogP contribution in [0.3, 0.4) is 0 Å². The summed E-state index contributed by atoms with van der Waals surface area (Å²) in [5.41, 5.74) is 0. The van der Waals surface area contributed by atoms with E-state index in [4.69, 9.17) is 11.6 Å². The quantitative estimate of drug-likeness (QED) is 0.745. The highest BCUT2D eigenvalue weighted by Gasteiger charge is 2.16. The van der Waals surface area contributed by atoms with Gasteiger partial charge in [-0.05, 0) is 19.1 Å². The lowest BCUT2D eigenvalue weighted by Crippen LogP contribution is -2.25. The molecule has 0 fully saturated rings. The van der Waals surface area contributed by atoms with Gasteiger partial charge in [-0.15, -0.1) is 21.5 Å². The smallest absolute Gasteiger partial charge is 0.210 e. The van der Waals surface area contributed by atoms with Crippen molar-refractivity contribution in [3.63, 3.8) is 0 Å². The van der Waals surface area contributed by atoms with Gasteiger partial charge in [-0.3, -0.25) is 0 Å². The normalized spacial score (nSPS) is 12.3. The lowest BCUT2D eigenvalue weighted by atomic mass is 10.5. The molecule has 0 radical (unpaired) electrons. The Morgan fingerprint density at radius 3 is 2.81 bits per heavy atom. The van der Waals surface area contributed by atoms with Crippen LogP contribution in [-0.4, -0.2) is 34.8 Å². The van der Waals surface area contributed by atoms with Crippen LogP contribution in [-0.2, 0) is 16.4 Å². The van der Waals surface area contributed by atoms with Crippen LogP contribution in [0, 0.1) is 6.92 Å². The topological polar surface area (TPSA) is 89.2 Å². The molecule has 0 saturated heterocycles. The van der Waals surface area contributed by atoms with Crippen molar-refractivity contribution in [2.24, 2.45) is 0 Å². The van der Waals surface area contributed by atoms with E-state index in [1.165, 1.54) is 17.4 Å². The van der Waals surface area contributed by atoms with Crippen molar-refractivity contribution in [2.45, 2.75) is 17.6 Å². The zero-order chi connectivity index (χ0) is 15.0. The number of nitrogens with one attached hydrogen (secondary N) is 1. The van der Waals surface area contributed by atoms with Gasteiger partial charge in [0.2, 0.25) is 15.0 Å². The van der Waals surface area contributed by atoms with E-state index in [-0.39, 0.29) is 10.8 Å². The van der Waals surface area contributed by atoms with E-state index in [9.17, 15) is 8.42 Å². The minimum atomic E-state index is -3.51. The Morgan fingerprint density at radius 1 is 1.33 bits per heavy atom. The molecule has 0 unspecified atom stereocenters. The molecule has 1 N–H and O–H groups in total. The number of thiophene rings is 1. The Kier molecular flexibility index (Phi) is 3.97. The molecule has 0 atom stereocenters. The van der Waals surface area contributed by atoms with Crippen LogP contribution in [0.25, 0.3) is 4.96 Å². The maximum absolute atomic E-state index is 12.0. The van der Waals surface area contributed by atoms with Gasteiger partial charge in [0.25, 0.3) is 0 Å². The Morgan fingerprint density at radius 2 is 2.14 bits per heavy atom. The van der Waals surface area contributed by atoms with E-state index >= 15 is 0 Å². The zero-order valence-corrected chi connectivity index (χ0v) is 14.0. The van der Waals surface area contributed by atoms with Gasteiger partial charge in [-0.2, -0.15) is 9.61 Å². The first kappa shape index (κ1) is 14.9. The average molecular weight is 364 g/mol. The van der Waals surface area contributed by atoms with Crippen LogP contribution in [0.4, 0.5) is 0 Å². The van der Waals surface area contributed by atoms with Crippen LogP contribution < -0.4 is 4.72 Å². The van der Waals surface area contributed by atoms with Crippen molar-refractivity contribution in [3.05, 3.63) is 27.3 Å². The van der Waals surface area contributed by atoms with E-state index in [1.54, 1.807) is 10.6 Å². The molecule has 0 amide bonds. The summed E-state index contributed by atoms with van der Waals surface area (Å²) in [7, 11) is -3.51. The number of nitrogens with zero attached hydrogens (tertiary/aromatic N) is 4. The second-order valence-corrected chi connectivity index (χ2v) is 8.89. The molecule has 21 heavy (non-hydrogen) atoms. The molecule has 3 aromatic heterocycles. The summed E-state index contributed by atoms with van der Waals surface area (Å²) in [4.78, 5) is 0.704. The predicted octanol–water partition coefficient (Wildman–Crippen LogP) is 1.73. The number of halogens is 1. The van der Waals surface area contributed by atoms with Crippen LogP contribution in [0.1, 0.15) is 10.8 Å². The van der Waals surface area contributed by atoms with Crippen LogP contribution in [0.5, 0.6) is 0 Å². The molecule has 0 saturated carbocycles. The summed E-state index contributed by atoms with van der Waals surface area (Å²) in [6.07, 6.45) is 0.492. The molecule has 0 aliphatic carbocycles. The molecular formula is C10H10ClN5O2S3. The maximum atomic E-state index is 12.0. The highest BCUT2D eigenvalue weighted by Crippen LogP contribution is 2.25. The van der Waals surface area contributed by atoms with Crippen LogP contribution in [0.15, 0.2) is 16.3 Å². The predicted molar refractivity (Wildman–Crippen MR) is 81.6 cm³/mol. The highest BCUT2D eigenvalue weighted by molar-refractivity contribution is 7.91. The molecule has 3 rings (SSSR count). The number of hydrogen-bond donors (Lipinski definition) is 1. The number of fused-ring (bicyclic) bond motifs is 1. The molecule has 0 aromatic carbocycles. The lowest BCUT2D eigenvalue weighted by Gasteiger charge is -2.02. The maximum Gasteiger partial charge on any atom is 0.250 e. The molecule has 0 bridgehead atoms. The minimum absolute atomic E-state index is 0.210. The second kappa shape index (κ2) is 5.61. The Bertz CT molecular complexity index is 882. The first-order valence-electron chi connectivity index (χ1n) is 5.88. The molecule has 3 heterocycles. The summed E-state index contributed by atoms with van der Waals surface area (Å²) in [6, 6.07) is 3.05. The molecule has 112 valence electrons. The third-order valence-electron chi connectivity index (χ3n) is 2.63. The molecule has 0 aliphatic heterocycles. The molecule has 0 aliphatic rings.